The lowest BCUT2D eigenvalue weighted by Crippen LogP contribution is -2.43. The first kappa shape index (κ1) is 22.7. The summed E-state index contributed by atoms with van der Waals surface area (Å²) in [7, 11) is -1.16. The molecule has 0 aliphatic carbocycles. The molecule has 1 aromatic heterocycles. The minimum absolute atomic E-state index is 0. The van der Waals surface area contributed by atoms with Crippen molar-refractivity contribution < 1.29 is 8.42 Å². The molecule has 9 heteroatoms. The molecule has 1 unspecified atom stereocenters. The molecular formula is C16H29IN4O2S2. The molecule has 0 bridgehead atoms. The average Bonchev–Trinajstić information content (AvgIpc) is 3.22. The summed E-state index contributed by atoms with van der Waals surface area (Å²) in [6.45, 7) is 3.68. The number of guanidine groups is 1. The van der Waals surface area contributed by atoms with Gasteiger partial charge < -0.3 is 10.6 Å². The van der Waals surface area contributed by atoms with Crippen molar-refractivity contribution in [3.05, 3.63) is 22.4 Å². The zero-order chi connectivity index (χ0) is 17.4. The van der Waals surface area contributed by atoms with Crippen molar-refractivity contribution >= 4 is 51.1 Å². The Balaban J connectivity index is 0.00000312. The van der Waals surface area contributed by atoms with Crippen molar-refractivity contribution in [3.63, 3.8) is 0 Å². The van der Waals surface area contributed by atoms with E-state index in [-0.39, 0.29) is 29.7 Å². The van der Waals surface area contributed by atoms with Crippen LogP contribution in [0.3, 0.4) is 0 Å². The maximum atomic E-state index is 11.2. The smallest absolute Gasteiger partial charge is 0.191 e. The number of rotatable bonds is 8. The number of hydrogen-bond donors (Lipinski definition) is 2. The van der Waals surface area contributed by atoms with Crippen LogP contribution >= 0.6 is 35.3 Å². The third kappa shape index (κ3) is 8.23. The summed E-state index contributed by atoms with van der Waals surface area (Å²) in [6, 6.07) is 4.65. The van der Waals surface area contributed by atoms with Crippen molar-refractivity contribution in [2.45, 2.75) is 25.3 Å². The zero-order valence-corrected chi connectivity index (χ0v) is 18.9. The van der Waals surface area contributed by atoms with E-state index in [2.05, 4.69) is 38.0 Å². The Morgan fingerprint density at radius 2 is 2.08 bits per heavy atom. The Hall–Kier alpha value is -0.390. The molecule has 0 amide bonds. The monoisotopic (exact) mass is 500 g/mol. The van der Waals surface area contributed by atoms with Gasteiger partial charge in [0, 0.05) is 31.3 Å². The molecule has 0 radical (unpaired) electrons. The van der Waals surface area contributed by atoms with Gasteiger partial charge >= 0.3 is 0 Å². The van der Waals surface area contributed by atoms with E-state index in [1.54, 1.807) is 18.4 Å². The van der Waals surface area contributed by atoms with Gasteiger partial charge in [-0.15, -0.1) is 35.3 Å². The summed E-state index contributed by atoms with van der Waals surface area (Å²) in [6.07, 6.45) is 4.38. The SMILES string of the molecule is CN=C(NCCCS(C)(=O)=O)NCC(c1cccs1)N1CCCC1.I. The maximum absolute atomic E-state index is 11.2. The van der Waals surface area contributed by atoms with Gasteiger partial charge in [-0.25, -0.2) is 8.42 Å². The highest BCUT2D eigenvalue weighted by Gasteiger charge is 2.24. The van der Waals surface area contributed by atoms with Crippen LogP contribution in [0.25, 0.3) is 0 Å². The van der Waals surface area contributed by atoms with Crippen molar-refractivity contribution in [2.75, 3.05) is 45.2 Å². The molecule has 25 heavy (non-hydrogen) atoms. The second-order valence-corrected chi connectivity index (χ2v) is 9.38. The van der Waals surface area contributed by atoms with E-state index < -0.39 is 9.84 Å². The van der Waals surface area contributed by atoms with Crippen LogP contribution in [0.15, 0.2) is 22.5 Å². The van der Waals surface area contributed by atoms with Crippen LogP contribution in [-0.4, -0.2) is 64.5 Å². The molecule has 1 atom stereocenters. The highest BCUT2D eigenvalue weighted by atomic mass is 127. The van der Waals surface area contributed by atoms with Crippen LogP contribution in [0.5, 0.6) is 0 Å². The number of nitrogens with zero attached hydrogens (tertiary/aromatic N) is 2. The minimum atomic E-state index is -2.90. The first-order valence-corrected chi connectivity index (χ1v) is 11.3. The van der Waals surface area contributed by atoms with Gasteiger partial charge in [0.1, 0.15) is 9.84 Å². The highest BCUT2D eigenvalue weighted by molar-refractivity contribution is 14.0. The first-order chi connectivity index (χ1) is 11.5. The Labute approximate surface area is 172 Å². The van der Waals surface area contributed by atoms with E-state index in [0.717, 1.165) is 25.6 Å². The number of likely N-dealkylation sites (tertiary alicyclic amines) is 1. The second kappa shape index (κ2) is 11.3. The van der Waals surface area contributed by atoms with Crippen molar-refractivity contribution in [1.82, 2.24) is 15.5 Å². The highest BCUT2D eigenvalue weighted by Crippen LogP contribution is 2.27. The Morgan fingerprint density at radius 3 is 2.64 bits per heavy atom. The van der Waals surface area contributed by atoms with Crippen LogP contribution in [0.2, 0.25) is 0 Å². The molecule has 1 aliphatic rings. The number of aliphatic imine (C=N–C) groups is 1. The molecule has 144 valence electrons. The van der Waals surface area contributed by atoms with E-state index in [1.807, 2.05) is 0 Å². The minimum Gasteiger partial charge on any atom is -0.356 e. The summed E-state index contributed by atoms with van der Waals surface area (Å²) in [4.78, 5) is 8.13. The van der Waals surface area contributed by atoms with Crippen LogP contribution in [0.4, 0.5) is 0 Å². The standard InChI is InChI=1S/C16H28N4O2S2.HI/c1-17-16(18-8-6-12-24(2,21)22)19-13-14(15-7-5-11-23-15)20-9-3-4-10-20;/h5,7,11,14H,3-4,6,8-10,12-13H2,1-2H3,(H2,17,18,19);1H. The molecule has 2 N–H and O–H groups in total. The lowest BCUT2D eigenvalue weighted by Gasteiger charge is -2.27. The van der Waals surface area contributed by atoms with E-state index in [0.29, 0.717) is 19.0 Å². The average molecular weight is 500 g/mol. The van der Waals surface area contributed by atoms with E-state index in [1.165, 1.54) is 24.0 Å². The molecule has 2 heterocycles. The summed E-state index contributed by atoms with van der Waals surface area (Å²) >= 11 is 1.79. The topological polar surface area (TPSA) is 73.8 Å². The van der Waals surface area contributed by atoms with Gasteiger partial charge in [0.05, 0.1) is 11.8 Å². The quantitative estimate of drug-likeness (QED) is 0.248. The number of thiophene rings is 1. The molecule has 1 aromatic rings. The fourth-order valence-corrected chi connectivity index (χ4v) is 4.43. The largest absolute Gasteiger partial charge is 0.356 e. The van der Waals surface area contributed by atoms with Gasteiger partial charge in [0.2, 0.25) is 0 Å². The molecule has 0 spiro atoms. The fraction of sp³-hybridized carbons (Fsp3) is 0.688. The van der Waals surface area contributed by atoms with Gasteiger partial charge in [-0.05, 0) is 43.8 Å². The number of halogens is 1. The molecule has 2 rings (SSSR count). The van der Waals surface area contributed by atoms with Gasteiger partial charge in [0.15, 0.2) is 5.96 Å². The van der Waals surface area contributed by atoms with E-state index >= 15 is 0 Å². The summed E-state index contributed by atoms with van der Waals surface area (Å²) < 4.78 is 22.3. The molecule has 1 aliphatic heterocycles. The van der Waals surface area contributed by atoms with Gasteiger partial charge in [-0.2, -0.15) is 0 Å². The zero-order valence-electron chi connectivity index (χ0n) is 14.9. The van der Waals surface area contributed by atoms with Crippen LogP contribution in [-0.2, 0) is 9.84 Å². The van der Waals surface area contributed by atoms with E-state index in [4.69, 9.17) is 0 Å². The predicted octanol–water partition coefficient (Wildman–Crippen LogP) is 2.10. The lowest BCUT2D eigenvalue weighted by atomic mass is 10.2. The Kier molecular flexibility index (Phi) is 10.3. The predicted molar refractivity (Wildman–Crippen MR) is 117 cm³/mol. The van der Waals surface area contributed by atoms with Gasteiger partial charge in [-0.1, -0.05) is 6.07 Å². The molecule has 0 saturated carbocycles. The molecular weight excluding hydrogens is 471 g/mol. The van der Waals surface area contributed by atoms with Crippen molar-refractivity contribution in [2.24, 2.45) is 4.99 Å². The van der Waals surface area contributed by atoms with Crippen molar-refractivity contribution in [3.8, 4) is 0 Å². The normalized spacial score (nSPS) is 17.1. The van der Waals surface area contributed by atoms with Gasteiger partial charge in [-0.3, -0.25) is 9.89 Å². The second-order valence-electron chi connectivity index (χ2n) is 6.14. The van der Waals surface area contributed by atoms with Crippen LogP contribution < -0.4 is 10.6 Å². The molecule has 1 saturated heterocycles. The first-order valence-electron chi connectivity index (χ1n) is 8.39. The summed E-state index contributed by atoms with van der Waals surface area (Å²) in [5.41, 5.74) is 0. The molecule has 0 aromatic carbocycles. The fourth-order valence-electron chi connectivity index (χ4n) is 2.90. The third-order valence-corrected chi connectivity index (χ3v) is 6.13. The third-order valence-electron chi connectivity index (χ3n) is 4.12. The number of nitrogens with one attached hydrogen (secondary N) is 2. The summed E-state index contributed by atoms with van der Waals surface area (Å²) in [5.74, 6) is 0.923. The van der Waals surface area contributed by atoms with Crippen LogP contribution in [0.1, 0.15) is 30.2 Å². The number of hydrogen-bond acceptors (Lipinski definition) is 5. The molecule has 6 nitrogen and oxygen atoms in total. The maximum Gasteiger partial charge on any atom is 0.191 e. The number of sulfone groups is 1. The lowest BCUT2D eigenvalue weighted by molar-refractivity contribution is 0.249. The Morgan fingerprint density at radius 1 is 1.36 bits per heavy atom. The van der Waals surface area contributed by atoms with Crippen LogP contribution in [0, 0.1) is 0 Å². The van der Waals surface area contributed by atoms with Gasteiger partial charge in [0.25, 0.3) is 0 Å². The Bertz CT molecular complexity index is 614. The molecule has 1 fully saturated rings. The van der Waals surface area contributed by atoms with Crippen molar-refractivity contribution in [1.29, 1.82) is 0 Å². The van der Waals surface area contributed by atoms with E-state index in [9.17, 15) is 8.42 Å². The summed E-state index contributed by atoms with van der Waals surface area (Å²) in [5, 5.41) is 8.70.